The fourth-order valence-electron chi connectivity index (χ4n) is 1.90. The van der Waals surface area contributed by atoms with Gasteiger partial charge in [0.1, 0.15) is 0 Å². The summed E-state index contributed by atoms with van der Waals surface area (Å²) in [7, 11) is 0. The molecule has 1 aliphatic rings. The summed E-state index contributed by atoms with van der Waals surface area (Å²) in [6, 6.07) is 5.74. The molecular weight excluding hydrogens is 310 g/mol. The molecule has 21 heavy (non-hydrogen) atoms. The molecule has 0 amide bonds. The summed E-state index contributed by atoms with van der Waals surface area (Å²) in [5, 5.41) is 10.6. The summed E-state index contributed by atoms with van der Waals surface area (Å²) in [6.07, 6.45) is 0.872. The predicted molar refractivity (Wildman–Crippen MR) is 81.5 cm³/mol. The first kappa shape index (κ1) is 14.2. The summed E-state index contributed by atoms with van der Waals surface area (Å²) < 4.78 is 12.0. The second-order valence-electron chi connectivity index (χ2n) is 4.39. The number of carboxylic acid groups (broad SMARTS) is 1. The second kappa shape index (κ2) is 6.36. The highest BCUT2D eigenvalue weighted by Crippen LogP contribution is 2.35. The number of fused-ring (bicyclic) bond motifs is 1. The van der Waals surface area contributed by atoms with Crippen molar-refractivity contribution in [3.05, 3.63) is 23.6 Å². The Morgan fingerprint density at radius 3 is 2.95 bits per heavy atom. The van der Waals surface area contributed by atoms with Crippen molar-refractivity contribution < 1.29 is 19.4 Å². The Labute approximate surface area is 129 Å². The van der Waals surface area contributed by atoms with E-state index in [0.717, 1.165) is 33.5 Å². The highest BCUT2D eigenvalue weighted by molar-refractivity contribution is 8.01. The van der Waals surface area contributed by atoms with Crippen LogP contribution < -0.4 is 9.47 Å². The fourth-order valence-corrected chi connectivity index (χ4v) is 3.46. The summed E-state index contributed by atoms with van der Waals surface area (Å²) in [4.78, 5) is 15.0. The smallest absolute Gasteiger partial charge is 0.313 e. The van der Waals surface area contributed by atoms with Gasteiger partial charge < -0.3 is 14.6 Å². The molecule has 0 fully saturated rings. The fraction of sp³-hybridized carbons (Fsp3) is 0.286. The molecule has 7 heteroatoms. The van der Waals surface area contributed by atoms with Crippen LogP contribution in [0.1, 0.15) is 6.42 Å². The number of benzene rings is 1. The third kappa shape index (κ3) is 3.48. The minimum absolute atomic E-state index is 0.0219. The van der Waals surface area contributed by atoms with E-state index in [1.54, 1.807) is 0 Å². The zero-order valence-electron chi connectivity index (χ0n) is 11.1. The number of carboxylic acids is 1. The van der Waals surface area contributed by atoms with Gasteiger partial charge in [0.25, 0.3) is 0 Å². The lowest BCUT2D eigenvalue weighted by Gasteiger charge is -2.08. The van der Waals surface area contributed by atoms with Crippen LogP contribution in [0.2, 0.25) is 0 Å². The number of thiazole rings is 1. The molecule has 3 rings (SSSR count). The van der Waals surface area contributed by atoms with Crippen molar-refractivity contribution in [2.45, 2.75) is 10.8 Å². The first-order chi connectivity index (χ1) is 10.2. The van der Waals surface area contributed by atoms with Gasteiger partial charge in [-0.2, -0.15) is 0 Å². The molecule has 2 heterocycles. The van der Waals surface area contributed by atoms with E-state index in [2.05, 4.69) is 4.98 Å². The number of aliphatic carboxylic acids is 1. The Balaban J connectivity index is 1.80. The lowest BCUT2D eigenvalue weighted by molar-refractivity contribution is -0.133. The number of rotatable bonds is 4. The number of aromatic nitrogens is 1. The molecule has 0 radical (unpaired) electrons. The van der Waals surface area contributed by atoms with Crippen LogP contribution in [-0.4, -0.2) is 35.0 Å². The van der Waals surface area contributed by atoms with Crippen LogP contribution in [0.15, 0.2) is 27.9 Å². The average molecular weight is 323 g/mol. The summed E-state index contributed by atoms with van der Waals surface area (Å²) in [6.45, 7) is 1.31. The molecule has 1 aliphatic heterocycles. The SMILES string of the molecule is O=C(O)CSc1nc(-c2ccc3c(c2)OCCCO3)cs1. The lowest BCUT2D eigenvalue weighted by Crippen LogP contribution is -1.97. The molecular formula is C14H13NO4S2. The molecule has 0 spiro atoms. The number of hydrogen-bond donors (Lipinski definition) is 1. The molecule has 0 aliphatic carbocycles. The van der Waals surface area contributed by atoms with Crippen molar-refractivity contribution in [3.63, 3.8) is 0 Å². The molecule has 0 saturated heterocycles. The number of nitrogens with zero attached hydrogens (tertiary/aromatic N) is 1. The lowest BCUT2D eigenvalue weighted by atomic mass is 10.1. The second-order valence-corrected chi connectivity index (χ2v) is 6.47. The summed E-state index contributed by atoms with van der Waals surface area (Å²) >= 11 is 2.67. The van der Waals surface area contributed by atoms with Gasteiger partial charge in [-0.15, -0.1) is 11.3 Å². The number of hydrogen-bond acceptors (Lipinski definition) is 6. The largest absolute Gasteiger partial charge is 0.490 e. The third-order valence-electron chi connectivity index (χ3n) is 2.85. The van der Waals surface area contributed by atoms with Gasteiger partial charge in [-0.3, -0.25) is 4.79 Å². The van der Waals surface area contributed by atoms with Crippen LogP contribution in [0.4, 0.5) is 0 Å². The van der Waals surface area contributed by atoms with Crippen molar-refractivity contribution in [1.29, 1.82) is 0 Å². The van der Waals surface area contributed by atoms with Crippen LogP contribution in [0.5, 0.6) is 11.5 Å². The predicted octanol–water partition coefficient (Wildman–Crippen LogP) is 3.15. The van der Waals surface area contributed by atoms with Crippen LogP contribution in [0, 0.1) is 0 Å². The molecule has 1 aromatic carbocycles. The Bertz CT molecular complexity index is 656. The van der Waals surface area contributed by atoms with E-state index < -0.39 is 5.97 Å². The quantitative estimate of drug-likeness (QED) is 0.872. The maximum atomic E-state index is 10.6. The Morgan fingerprint density at radius 1 is 1.33 bits per heavy atom. The van der Waals surface area contributed by atoms with E-state index in [-0.39, 0.29) is 5.75 Å². The van der Waals surface area contributed by atoms with Crippen molar-refractivity contribution in [3.8, 4) is 22.8 Å². The van der Waals surface area contributed by atoms with Gasteiger partial charge >= 0.3 is 5.97 Å². The molecule has 5 nitrogen and oxygen atoms in total. The van der Waals surface area contributed by atoms with Gasteiger partial charge in [0, 0.05) is 17.4 Å². The van der Waals surface area contributed by atoms with E-state index >= 15 is 0 Å². The van der Waals surface area contributed by atoms with E-state index in [1.165, 1.54) is 23.1 Å². The molecule has 0 saturated carbocycles. The van der Waals surface area contributed by atoms with E-state index in [9.17, 15) is 4.79 Å². The Kier molecular flexibility index (Phi) is 4.31. The number of carbonyl (C=O) groups is 1. The standard InChI is InChI=1S/C14H13NO4S2/c16-13(17)8-21-14-15-10(7-20-14)9-2-3-11-12(6-9)19-5-1-4-18-11/h2-3,6-7H,1,4-5,8H2,(H,16,17). The highest BCUT2D eigenvalue weighted by Gasteiger charge is 2.13. The topological polar surface area (TPSA) is 68.7 Å². The minimum Gasteiger partial charge on any atom is -0.490 e. The normalized spacial score (nSPS) is 13.7. The van der Waals surface area contributed by atoms with Gasteiger partial charge in [0.15, 0.2) is 15.8 Å². The maximum absolute atomic E-state index is 10.6. The first-order valence-electron chi connectivity index (χ1n) is 6.42. The van der Waals surface area contributed by atoms with Crippen molar-refractivity contribution in [1.82, 2.24) is 4.98 Å². The van der Waals surface area contributed by atoms with Crippen molar-refractivity contribution >= 4 is 29.1 Å². The van der Waals surface area contributed by atoms with E-state index in [0.29, 0.717) is 13.2 Å². The van der Waals surface area contributed by atoms with Crippen molar-refractivity contribution in [2.75, 3.05) is 19.0 Å². The average Bonchev–Trinajstić information content (AvgIpc) is 2.82. The highest BCUT2D eigenvalue weighted by atomic mass is 32.2. The van der Waals surface area contributed by atoms with Gasteiger partial charge in [0.05, 0.1) is 24.7 Å². The summed E-state index contributed by atoms with van der Waals surface area (Å²) in [5.41, 5.74) is 1.77. The zero-order valence-corrected chi connectivity index (χ0v) is 12.7. The maximum Gasteiger partial charge on any atom is 0.313 e. The van der Waals surface area contributed by atoms with Crippen LogP contribution >= 0.6 is 23.1 Å². The molecule has 0 atom stereocenters. The molecule has 1 aromatic heterocycles. The van der Waals surface area contributed by atoms with E-state index in [4.69, 9.17) is 14.6 Å². The van der Waals surface area contributed by atoms with Crippen LogP contribution in [0.3, 0.4) is 0 Å². The summed E-state index contributed by atoms with van der Waals surface area (Å²) in [5.74, 6) is 0.672. The monoisotopic (exact) mass is 323 g/mol. The van der Waals surface area contributed by atoms with Gasteiger partial charge in [0.2, 0.25) is 0 Å². The Morgan fingerprint density at radius 2 is 2.14 bits per heavy atom. The number of ether oxygens (including phenoxy) is 2. The Hall–Kier alpha value is -1.73. The molecule has 2 aromatic rings. The van der Waals surface area contributed by atoms with Crippen molar-refractivity contribution in [2.24, 2.45) is 0 Å². The van der Waals surface area contributed by atoms with Crippen LogP contribution in [-0.2, 0) is 4.79 Å². The molecule has 110 valence electrons. The van der Waals surface area contributed by atoms with Gasteiger partial charge in [-0.1, -0.05) is 11.8 Å². The van der Waals surface area contributed by atoms with Crippen LogP contribution in [0.25, 0.3) is 11.3 Å². The molecule has 1 N–H and O–H groups in total. The van der Waals surface area contributed by atoms with Gasteiger partial charge in [-0.05, 0) is 18.2 Å². The third-order valence-corrected chi connectivity index (χ3v) is 4.85. The zero-order chi connectivity index (χ0) is 14.7. The first-order valence-corrected chi connectivity index (χ1v) is 8.29. The number of thioether (sulfide) groups is 1. The molecule has 0 unspecified atom stereocenters. The van der Waals surface area contributed by atoms with Gasteiger partial charge in [-0.25, -0.2) is 4.98 Å². The van der Waals surface area contributed by atoms with E-state index in [1.807, 2.05) is 23.6 Å². The minimum atomic E-state index is -0.840. The molecule has 0 bridgehead atoms.